The Morgan fingerprint density at radius 3 is 2.34 bits per heavy atom. The van der Waals surface area contributed by atoms with Gasteiger partial charge >= 0.3 is 11.9 Å². The topological polar surface area (TPSA) is 83.8 Å². The maximum Gasteiger partial charge on any atom is 0.338 e. The first-order valence-electron chi connectivity index (χ1n) is 9.57. The van der Waals surface area contributed by atoms with Crippen molar-refractivity contribution in [1.29, 1.82) is 0 Å². The Kier molecular flexibility index (Phi) is 6.49. The summed E-state index contributed by atoms with van der Waals surface area (Å²) in [6.07, 6.45) is 2.26. The van der Waals surface area contributed by atoms with Gasteiger partial charge in [-0.2, -0.15) is 0 Å². The standard InChI is InChI=1S/C22H25NO6/c1-14-11-19(15(2)23(14)12-18-5-4-10-28-18)20(24)13-29-22(26)17-8-6-16(7-9-17)21(25)27-3/h6-9,11,18H,4-5,10,12-13H2,1-3H3. The van der Waals surface area contributed by atoms with Gasteiger partial charge < -0.3 is 18.8 Å². The second-order valence-corrected chi connectivity index (χ2v) is 7.10. The van der Waals surface area contributed by atoms with Crippen LogP contribution in [-0.4, -0.2) is 48.7 Å². The lowest BCUT2D eigenvalue weighted by Gasteiger charge is -2.14. The smallest absolute Gasteiger partial charge is 0.338 e. The van der Waals surface area contributed by atoms with E-state index in [9.17, 15) is 14.4 Å². The SMILES string of the molecule is COC(=O)c1ccc(C(=O)OCC(=O)c2cc(C)n(CC3CCCO3)c2C)cc1. The first-order valence-corrected chi connectivity index (χ1v) is 9.57. The molecule has 0 spiro atoms. The molecule has 2 aromatic rings. The number of benzene rings is 1. The van der Waals surface area contributed by atoms with E-state index in [2.05, 4.69) is 9.30 Å². The van der Waals surface area contributed by atoms with Crippen molar-refractivity contribution in [1.82, 2.24) is 4.57 Å². The largest absolute Gasteiger partial charge is 0.465 e. The van der Waals surface area contributed by atoms with Gasteiger partial charge in [-0.3, -0.25) is 4.79 Å². The maximum absolute atomic E-state index is 12.6. The molecular formula is C22H25NO6. The zero-order valence-corrected chi connectivity index (χ0v) is 16.9. The zero-order valence-electron chi connectivity index (χ0n) is 16.9. The fourth-order valence-corrected chi connectivity index (χ4v) is 3.51. The predicted octanol–water partition coefficient (Wildman–Crippen LogP) is 3.11. The van der Waals surface area contributed by atoms with Crippen LogP contribution in [0.1, 0.15) is 55.3 Å². The van der Waals surface area contributed by atoms with E-state index in [1.54, 1.807) is 0 Å². The highest BCUT2D eigenvalue weighted by molar-refractivity contribution is 6.00. The van der Waals surface area contributed by atoms with E-state index in [-0.39, 0.29) is 24.1 Å². The quantitative estimate of drug-likeness (QED) is 0.525. The summed E-state index contributed by atoms with van der Waals surface area (Å²) in [6.45, 7) is 5.00. The van der Waals surface area contributed by atoms with Crippen molar-refractivity contribution < 1.29 is 28.6 Å². The van der Waals surface area contributed by atoms with E-state index in [1.165, 1.54) is 31.4 Å². The third-order valence-electron chi connectivity index (χ3n) is 5.16. The molecule has 1 aliphatic rings. The van der Waals surface area contributed by atoms with Crippen LogP contribution in [-0.2, 0) is 20.8 Å². The minimum absolute atomic E-state index is 0.175. The van der Waals surface area contributed by atoms with E-state index >= 15 is 0 Å². The Labute approximate surface area is 169 Å². The summed E-state index contributed by atoms with van der Waals surface area (Å²) in [5.41, 5.74) is 2.97. The summed E-state index contributed by atoms with van der Waals surface area (Å²) in [5, 5.41) is 0. The van der Waals surface area contributed by atoms with Gasteiger partial charge in [-0.25, -0.2) is 9.59 Å². The Hall–Kier alpha value is -2.93. The molecule has 1 fully saturated rings. The Morgan fingerprint density at radius 2 is 1.76 bits per heavy atom. The molecule has 7 heteroatoms. The van der Waals surface area contributed by atoms with Crippen molar-refractivity contribution in [2.24, 2.45) is 0 Å². The summed E-state index contributed by atoms with van der Waals surface area (Å²) in [5.74, 6) is -1.36. The second kappa shape index (κ2) is 9.05. The number of carbonyl (C=O) groups excluding carboxylic acids is 3. The summed E-state index contributed by atoms with van der Waals surface area (Å²) in [6, 6.07) is 7.70. The molecule has 154 valence electrons. The molecule has 3 rings (SSSR count). The number of ketones is 1. The lowest BCUT2D eigenvalue weighted by atomic mass is 10.1. The highest BCUT2D eigenvalue weighted by atomic mass is 16.5. The van der Waals surface area contributed by atoms with Gasteiger partial charge in [0.05, 0.1) is 24.3 Å². The normalized spacial score (nSPS) is 15.9. The number of aryl methyl sites for hydroxylation is 1. The average molecular weight is 399 g/mol. The van der Waals surface area contributed by atoms with Gasteiger partial charge in [0.2, 0.25) is 5.78 Å². The van der Waals surface area contributed by atoms with E-state index in [4.69, 9.17) is 9.47 Å². The van der Waals surface area contributed by atoms with Crippen molar-refractivity contribution in [2.45, 2.75) is 39.3 Å². The van der Waals surface area contributed by atoms with E-state index in [1.807, 2.05) is 19.9 Å². The number of carbonyl (C=O) groups is 3. The first kappa shape index (κ1) is 20.8. The van der Waals surface area contributed by atoms with Gasteiger partial charge in [-0.05, 0) is 57.0 Å². The molecule has 29 heavy (non-hydrogen) atoms. The molecule has 0 N–H and O–H groups in total. The molecule has 1 saturated heterocycles. The molecule has 0 saturated carbocycles. The summed E-state index contributed by atoms with van der Waals surface area (Å²) in [7, 11) is 1.29. The highest BCUT2D eigenvalue weighted by Crippen LogP contribution is 2.21. The molecule has 1 aromatic heterocycles. The van der Waals surface area contributed by atoms with Gasteiger partial charge in [0.1, 0.15) is 0 Å². The number of aromatic nitrogens is 1. The molecule has 2 heterocycles. The van der Waals surface area contributed by atoms with E-state index in [0.29, 0.717) is 11.1 Å². The molecule has 7 nitrogen and oxygen atoms in total. The Balaban J connectivity index is 1.61. The number of ether oxygens (including phenoxy) is 3. The Bertz CT molecular complexity index is 906. The molecule has 0 radical (unpaired) electrons. The van der Waals surface area contributed by atoms with Gasteiger partial charge in [0, 0.05) is 30.1 Å². The van der Waals surface area contributed by atoms with Crippen molar-refractivity contribution in [3.8, 4) is 0 Å². The molecule has 0 aliphatic carbocycles. The summed E-state index contributed by atoms with van der Waals surface area (Å²) < 4.78 is 17.6. The minimum atomic E-state index is -0.622. The average Bonchev–Trinajstić information content (AvgIpc) is 3.35. The summed E-state index contributed by atoms with van der Waals surface area (Å²) in [4.78, 5) is 36.3. The van der Waals surface area contributed by atoms with E-state index in [0.717, 1.165) is 37.4 Å². The number of methoxy groups -OCH3 is 1. The predicted molar refractivity (Wildman–Crippen MR) is 105 cm³/mol. The molecule has 1 unspecified atom stereocenters. The lowest BCUT2D eigenvalue weighted by Crippen LogP contribution is -2.18. The minimum Gasteiger partial charge on any atom is -0.465 e. The van der Waals surface area contributed by atoms with Gasteiger partial charge in [0.25, 0.3) is 0 Å². The van der Waals surface area contributed by atoms with Crippen molar-refractivity contribution in [3.05, 3.63) is 58.4 Å². The molecule has 1 aliphatic heterocycles. The molecule has 1 atom stereocenters. The number of rotatable bonds is 7. The van der Waals surface area contributed by atoms with Crippen LogP contribution in [0.2, 0.25) is 0 Å². The third kappa shape index (κ3) is 4.74. The number of hydrogen-bond acceptors (Lipinski definition) is 6. The molecule has 1 aromatic carbocycles. The van der Waals surface area contributed by atoms with Crippen LogP contribution in [0.3, 0.4) is 0 Å². The van der Waals surface area contributed by atoms with Gasteiger partial charge in [-0.1, -0.05) is 0 Å². The second-order valence-electron chi connectivity index (χ2n) is 7.10. The monoisotopic (exact) mass is 399 g/mol. The van der Waals surface area contributed by atoms with Gasteiger partial charge in [0.15, 0.2) is 6.61 Å². The number of esters is 2. The van der Waals surface area contributed by atoms with E-state index < -0.39 is 11.9 Å². The molecule has 0 bridgehead atoms. The van der Waals surface area contributed by atoms with Crippen LogP contribution in [0.4, 0.5) is 0 Å². The van der Waals surface area contributed by atoms with Crippen LogP contribution in [0, 0.1) is 13.8 Å². The molecule has 0 amide bonds. The summed E-state index contributed by atoms with van der Waals surface area (Å²) >= 11 is 0. The molecular weight excluding hydrogens is 374 g/mol. The third-order valence-corrected chi connectivity index (χ3v) is 5.16. The van der Waals surface area contributed by atoms with Crippen molar-refractivity contribution in [3.63, 3.8) is 0 Å². The highest BCUT2D eigenvalue weighted by Gasteiger charge is 2.22. The van der Waals surface area contributed by atoms with Gasteiger partial charge in [-0.15, -0.1) is 0 Å². The zero-order chi connectivity index (χ0) is 21.0. The Morgan fingerprint density at radius 1 is 1.10 bits per heavy atom. The van der Waals surface area contributed by atoms with Crippen molar-refractivity contribution in [2.75, 3.05) is 20.3 Å². The van der Waals surface area contributed by atoms with Crippen LogP contribution in [0.25, 0.3) is 0 Å². The fraction of sp³-hybridized carbons (Fsp3) is 0.409. The lowest BCUT2D eigenvalue weighted by molar-refractivity contribution is 0.0473. The first-order chi connectivity index (χ1) is 13.9. The van der Waals surface area contributed by atoms with Crippen LogP contribution >= 0.6 is 0 Å². The fourth-order valence-electron chi connectivity index (χ4n) is 3.51. The van der Waals surface area contributed by atoms with Crippen LogP contribution in [0.5, 0.6) is 0 Å². The van der Waals surface area contributed by atoms with Crippen molar-refractivity contribution >= 4 is 17.7 Å². The maximum atomic E-state index is 12.6. The van der Waals surface area contributed by atoms with Crippen LogP contribution in [0.15, 0.2) is 30.3 Å². The number of hydrogen-bond donors (Lipinski definition) is 0. The number of nitrogens with zero attached hydrogens (tertiary/aromatic N) is 1. The van der Waals surface area contributed by atoms with Crippen LogP contribution < -0.4 is 0 Å². The number of Topliss-reactive ketones (excluding diaryl/α,β-unsaturated/α-hetero) is 1.